The van der Waals surface area contributed by atoms with Crippen LogP contribution < -0.4 is 20.1 Å². The third-order valence-electron chi connectivity index (χ3n) is 4.64. The van der Waals surface area contributed by atoms with E-state index in [4.69, 9.17) is 11.6 Å². The normalized spacial score (nSPS) is 14.0. The summed E-state index contributed by atoms with van der Waals surface area (Å²) >= 11 is 7.12. The van der Waals surface area contributed by atoms with Crippen molar-refractivity contribution in [1.29, 1.82) is 0 Å². The van der Waals surface area contributed by atoms with E-state index < -0.39 is 16.8 Å². The van der Waals surface area contributed by atoms with Gasteiger partial charge in [0, 0.05) is 23.1 Å². The van der Waals surface area contributed by atoms with Crippen molar-refractivity contribution in [3.05, 3.63) is 54.2 Å². The Morgan fingerprint density at radius 2 is 2.00 bits per heavy atom. The number of benzene rings is 1. The first kappa shape index (κ1) is 25.0. The van der Waals surface area contributed by atoms with E-state index in [1.54, 1.807) is 20.8 Å². The van der Waals surface area contributed by atoms with Crippen LogP contribution in [0.2, 0.25) is 5.02 Å². The Kier molecular flexibility index (Phi) is 8.37. The Labute approximate surface area is 190 Å². The third-order valence-corrected chi connectivity index (χ3v) is 6.03. The van der Waals surface area contributed by atoms with Crippen LogP contribution in [0.15, 0.2) is 23.0 Å². The van der Waals surface area contributed by atoms with Gasteiger partial charge in [0.1, 0.15) is 17.0 Å². The van der Waals surface area contributed by atoms with Crippen LogP contribution in [0.1, 0.15) is 53.0 Å². The van der Waals surface area contributed by atoms with Crippen LogP contribution in [-0.4, -0.2) is 22.3 Å². The van der Waals surface area contributed by atoms with Crippen molar-refractivity contribution in [2.24, 2.45) is 5.41 Å². The van der Waals surface area contributed by atoms with Crippen LogP contribution in [0, 0.1) is 11.2 Å². The molecule has 0 radical (unpaired) electrons. The maximum atomic E-state index is 14.2. The molecule has 0 fully saturated rings. The Morgan fingerprint density at radius 1 is 1.32 bits per heavy atom. The summed E-state index contributed by atoms with van der Waals surface area (Å²) < 4.78 is 16.0. The number of carbonyl (C=O) groups is 2. The molecule has 5 nitrogen and oxygen atoms in total. The Balaban J connectivity index is 2.61. The van der Waals surface area contributed by atoms with Crippen molar-refractivity contribution in [2.75, 3.05) is 0 Å². The topological polar surface area (TPSA) is 68.2 Å². The molecule has 31 heavy (non-hydrogen) atoms. The molecule has 1 heterocycles. The number of carbonyl (C=O) groups excluding carboxylic acids is 2. The average Bonchev–Trinajstić information content (AvgIpc) is 2.93. The Hall–Kier alpha value is -2.25. The van der Waals surface area contributed by atoms with Crippen molar-refractivity contribution in [3.8, 4) is 0 Å². The number of aromatic nitrogens is 1. The van der Waals surface area contributed by atoms with Crippen LogP contribution in [0.5, 0.6) is 0 Å². The fraction of sp³-hybridized carbons (Fsp3) is 0.435. The summed E-state index contributed by atoms with van der Waals surface area (Å²) in [5.74, 6) is -1.07. The highest BCUT2D eigenvalue weighted by atomic mass is 35.5. The fourth-order valence-corrected chi connectivity index (χ4v) is 4.11. The van der Waals surface area contributed by atoms with Crippen molar-refractivity contribution in [3.63, 3.8) is 0 Å². The molecule has 0 bridgehead atoms. The lowest BCUT2D eigenvalue weighted by Gasteiger charge is -2.14. The van der Waals surface area contributed by atoms with Gasteiger partial charge in [-0.05, 0) is 31.6 Å². The summed E-state index contributed by atoms with van der Waals surface area (Å²) in [7, 11) is 0. The van der Waals surface area contributed by atoms with E-state index in [1.807, 2.05) is 13.8 Å². The summed E-state index contributed by atoms with van der Waals surface area (Å²) in [6.07, 6.45) is 4.46. The van der Waals surface area contributed by atoms with Crippen LogP contribution in [-0.2, 0) is 16.1 Å². The number of hydrogen-bond acceptors (Lipinski definition) is 4. The predicted molar refractivity (Wildman–Crippen MR) is 124 cm³/mol. The van der Waals surface area contributed by atoms with E-state index >= 15 is 0 Å². The van der Waals surface area contributed by atoms with E-state index in [1.165, 1.54) is 34.9 Å². The van der Waals surface area contributed by atoms with Gasteiger partial charge in [-0.3, -0.25) is 19.0 Å². The zero-order chi connectivity index (χ0) is 23.3. The molecule has 0 aliphatic heterocycles. The monoisotopic (exact) mass is 466 g/mol. The minimum Gasteiger partial charge on any atom is -0.352 e. The number of halogens is 2. The molecule has 2 rings (SSSR count). The highest BCUT2D eigenvalue weighted by molar-refractivity contribution is 7.07. The highest BCUT2D eigenvalue weighted by Gasteiger charge is 2.20. The molecule has 168 valence electrons. The maximum absolute atomic E-state index is 14.2. The second-order valence-electron chi connectivity index (χ2n) is 8.49. The number of hydrogen-bond donors (Lipinski definition) is 1. The van der Waals surface area contributed by atoms with Gasteiger partial charge in [-0.1, -0.05) is 51.8 Å². The molecular formula is C23H28ClFN2O3S. The van der Waals surface area contributed by atoms with E-state index in [0.29, 0.717) is 4.66 Å². The molecule has 0 saturated heterocycles. The lowest BCUT2D eigenvalue weighted by Crippen LogP contribution is -2.41. The molecule has 1 aromatic heterocycles. The highest BCUT2D eigenvalue weighted by Crippen LogP contribution is 2.19. The number of Topliss-reactive ketones (excluding diaryl/α,β-unsaturated/α-hetero) is 1. The van der Waals surface area contributed by atoms with Gasteiger partial charge in [-0.25, -0.2) is 4.39 Å². The molecule has 0 aliphatic rings. The van der Waals surface area contributed by atoms with Gasteiger partial charge >= 0.3 is 0 Å². The zero-order valence-corrected chi connectivity index (χ0v) is 20.0. The number of nitrogens with one attached hydrogen (secondary N) is 1. The largest absolute Gasteiger partial charge is 0.352 e. The third kappa shape index (κ3) is 6.61. The summed E-state index contributed by atoms with van der Waals surface area (Å²) in [6.45, 7) is 9.00. The van der Waals surface area contributed by atoms with Crippen molar-refractivity contribution in [1.82, 2.24) is 9.88 Å². The van der Waals surface area contributed by atoms with Crippen molar-refractivity contribution < 1.29 is 14.0 Å². The van der Waals surface area contributed by atoms with Crippen LogP contribution in [0.25, 0.3) is 12.2 Å². The summed E-state index contributed by atoms with van der Waals surface area (Å²) in [5, 5.41) is 3.03. The molecule has 1 amide bonds. The van der Waals surface area contributed by atoms with Crippen LogP contribution in [0.3, 0.4) is 0 Å². The zero-order valence-electron chi connectivity index (χ0n) is 18.4. The number of ketones is 1. The van der Waals surface area contributed by atoms with Gasteiger partial charge in [0.15, 0.2) is 5.78 Å². The lowest BCUT2D eigenvalue weighted by molar-refractivity contribution is -0.122. The quantitative estimate of drug-likeness (QED) is 0.681. The molecule has 0 saturated carbocycles. The second-order valence-corrected chi connectivity index (χ2v) is 9.96. The van der Waals surface area contributed by atoms with E-state index in [9.17, 15) is 18.8 Å². The average molecular weight is 467 g/mol. The standard InChI is InChI=1S/C23H28ClFN2O3S/c1-6-8-14(2)26-20(29)13-27-21(12-19(28)23(3,4)5)31-18(22(27)30)11-15-16(24)9-7-10-17(15)25/h7,9-12,14H,6,8,13H2,1-5H3,(H,26,29)/b18-11+,21-12-. The van der Waals surface area contributed by atoms with Gasteiger partial charge in [-0.2, -0.15) is 0 Å². The smallest absolute Gasteiger partial charge is 0.269 e. The second kappa shape index (κ2) is 10.4. The molecular weight excluding hydrogens is 439 g/mol. The van der Waals surface area contributed by atoms with Gasteiger partial charge in [0.2, 0.25) is 5.91 Å². The number of nitrogens with zero attached hydrogens (tertiary/aromatic N) is 1. The molecule has 2 aromatic rings. The number of amides is 1. The predicted octanol–water partition coefficient (Wildman–Crippen LogP) is 3.23. The summed E-state index contributed by atoms with van der Waals surface area (Å²) in [6, 6.07) is 4.23. The van der Waals surface area contributed by atoms with Crippen LogP contribution >= 0.6 is 22.9 Å². The maximum Gasteiger partial charge on any atom is 0.269 e. The summed E-state index contributed by atoms with van der Waals surface area (Å²) in [5.41, 5.74) is -1.04. The molecule has 1 N–H and O–H groups in total. The first-order valence-electron chi connectivity index (χ1n) is 10.1. The SMILES string of the molecule is CCCC(C)NC(=O)Cn1c(=O)/c(=C\c2c(F)cccc2Cl)s/c1=C\C(=O)C(C)(C)C. The van der Waals surface area contributed by atoms with E-state index in [-0.39, 0.29) is 39.4 Å². The molecule has 1 atom stereocenters. The Bertz CT molecular complexity index is 1120. The first-order valence-corrected chi connectivity index (χ1v) is 11.3. The van der Waals surface area contributed by atoms with Crippen molar-refractivity contribution in [2.45, 2.75) is 60.0 Å². The van der Waals surface area contributed by atoms with Crippen LogP contribution in [0.4, 0.5) is 4.39 Å². The minimum atomic E-state index is -0.651. The molecule has 0 spiro atoms. The van der Waals surface area contributed by atoms with Gasteiger partial charge in [0.25, 0.3) is 5.56 Å². The first-order chi connectivity index (χ1) is 14.4. The molecule has 1 aromatic carbocycles. The molecule has 1 unspecified atom stereocenters. The van der Waals surface area contributed by atoms with E-state index in [0.717, 1.165) is 24.2 Å². The van der Waals surface area contributed by atoms with Gasteiger partial charge < -0.3 is 5.32 Å². The van der Waals surface area contributed by atoms with Crippen molar-refractivity contribution >= 4 is 46.8 Å². The number of rotatable bonds is 7. The fourth-order valence-electron chi connectivity index (χ4n) is 2.87. The van der Waals surface area contributed by atoms with Gasteiger partial charge in [-0.15, -0.1) is 11.3 Å². The lowest BCUT2D eigenvalue weighted by atomic mass is 9.91. The number of thiazole rings is 1. The summed E-state index contributed by atoms with van der Waals surface area (Å²) in [4.78, 5) is 38.1. The Morgan fingerprint density at radius 3 is 2.58 bits per heavy atom. The van der Waals surface area contributed by atoms with E-state index in [2.05, 4.69) is 5.32 Å². The molecule has 0 aliphatic carbocycles. The van der Waals surface area contributed by atoms with Gasteiger partial charge in [0.05, 0.1) is 9.55 Å². The molecule has 8 heteroatoms. The minimum absolute atomic E-state index is 0.0290.